The number of ether oxygens (including phenoxy) is 1. The molecule has 0 spiro atoms. The molecule has 1 atom stereocenters. The molecule has 27 heavy (non-hydrogen) atoms. The van der Waals surface area contributed by atoms with Crippen molar-refractivity contribution in [3.63, 3.8) is 0 Å². The number of thioether (sulfide) groups is 1. The zero-order valence-corrected chi connectivity index (χ0v) is 15.4. The average Bonchev–Trinajstić information content (AvgIpc) is 3.44. The van der Waals surface area contributed by atoms with Gasteiger partial charge in [-0.3, -0.25) is 9.36 Å². The van der Waals surface area contributed by atoms with E-state index in [-0.39, 0.29) is 23.5 Å². The Hall–Kier alpha value is -2.45. The highest BCUT2D eigenvalue weighted by atomic mass is 32.2. The number of Topliss-reactive ketones (excluding diaryl/α,β-unsaturated/α-hetero) is 1. The minimum absolute atomic E-state index is 0.00000133. The minimum Gasteiger partial charge on any atom is -0.376 e. The number of carbonyl (C=O) groups excluding carboxylic acids is 1. The molecular formula is C19H19FN4O2S. The number of aromatic nitrogens is 4. The molecule has 1 aliphatic heterocycles. The third-order valence-corrected chi connectivity index (χ3v) is 5.43. The van der Waals surface area contributed by atoms with E-state index in [9.17, 15) is 9.18 Å². The van der Waals surface area contributed by atoms with E-state index in [0.717, 1.165) is 25.0 Å². The Morgan fingerprint density at radius 2 is 2.15 bits per heavy atom. The molecule has 1 aliphatic rings. The van der Waals surface area contributed by atoms with Gasteiger partial charge < -0.3 is 9.72 Å². The number of benzene rings is 1. The lowest BCUT2D eigenvalue weighted by Crippen LogP contribution is -2.17. The molecule has 3 heterocycles. The van der Waals surface area contributed by atoms with Gasteiger partial charge in [0.15, 0.2) is 16.8 Å². The average molecular weight is 386 g/mol. The summed E-state index contributed by atoms with van der Waals surface area (Å²) < 4.78 is 21.0. The molecule has 140 valence electrons. The first-order valence-corrected chi connectivity index (χ1v) is 9.79. The van der Waals surface area contributed by atoms with E-state index < -0.39 is 0 Å². The maximum Gasteiger partial charge on any atom is 0.192 e. The van der Waals surface area contributed by atoms with Crippen LogP contribution in [0.1, 0.15) is 23.3 Å². The number of H-pyrrole nitrogens is 1. The first-order chi connectivity index (χ1) is 13.2. The molecule has 0 radical (unpaired) electrons. The number of carbonyl (C=O) groups is 1. The van der Waals surface area contributed by atoms with E-state index in [1.54, 1.807) is 30.5 Å². The summed E-state index contributed by atoms with van der Waals surface area (Å²) in [5.41, 5.74) is 1.36. The van der Waals surface area contributed by atoms with Crippen molar-refractivity contribution in [1.29, 1.82) is 0 Å². The highest BCUT2D eigenvalue weighted by Gasteiger charge is 2.22. The number of hydrogen-bond acceptors (Lipinski definition) is 5. The lowest BCUT2D eigenvalue weighted by molar-refractivity contribution is 0.0953. The lowest BCUT2D eigenvalue weighted by Gasteiger charge is -2.14. The predicted octanol–water partition coefficient (Wildman–Crippen LogP) is 3.57. The summed E-state index contributed by atoms with van der Waals surface area (Å²) in [6.07, 6.45) is 3.84. The van der Waals surface area contributed by atoms with Gasteiger partial charge in [-0.1, -0.05) is 11.8 Å². The van der Waals surface area contributed by atoms with Crippen LogP contribution in [0.2, 0.25) is 0 Å². The molecule has 0 unspecified atom stereocenters. The van der Waals surface area contributed by atoms with Crippen molar-refractivity contribution >= 4 is 17.5 Å². The summed E-state index contributed by atoms with van der Waals surface area (Å²) in [7, 11) is 0. The second-order valence-corrected chi connectivity index (χ2v) is 7.30. The number of halogens is 1. The molecule has 3 aromatic rings. The fourth-order valence-corrected chi connectivity index (χ4v) is 3.91. The second-order valence-electron chi connectivity index (χ2n) is 6.35. The maximum atomic E-state index is 13.3. The first-order valence-electron chi connectivity index (χ1n) is 8.81. The fraction of sp³-hybridized carbons (Fsp3) is 0.316. The van der Waals surface area contributed by atoms with Crippen molar-refractivity contribution in [1.82, 2.24) is 19.7 Å². The van der Waals surface area contributed by atoms with Gasteiger partial charge in [-0.15, -0.1) is 10.2 Å². The summed E-state index contributed by atoms with van der Waals surface area (Å²) in [5.74, 6) is 0.614. The van der Waals surface area contributed by atoms with Crippen LogP contribution in [0.15, 0.2) is 47.8 Å². The van der Waals surface area contributed by atoms with Crippen LogP contribution in [0, 0.1) is 5.82 Å². The van der Waals surface area contributed by atoms with Crippen LogP contribution < -0.4 is 0 Å². The third kappa shape index (κ3) is 4.12. The highest BCUT2D eigenvalue weighted by Crippen LogP contribution is 2.27. The zero-order chi connectivity index (χ0) is 18.6. The predicted molar refractivity (Wildman–Crippen MR) is 100 cm³/mol. The van der Waals surface area contributed by atoms with Gasteiger partial charge in [-0.25, -0.2) is 4.39 Å². The largest absolute Gasteiger partial charge is 0.376 e. The van der Waals surface area contributed by atoms with E-state index in [2.05, 4.69) is 15.2 Å². The van der Waals surface area contributed by atoms with Crippen molar-refractivity contribution in [3.05, 3.63) is 54.1 Å². The van der Waals surface area contributed by atoms with Crippen LogP contribution in [0.3, 0.4) is 0 Å². The van der Waals surface area contributed by atoms with Crippen LogP contribution in [0.25, 0.3) is 11.4 Å². The molecule has 2 aromatic heterocycles. The van der Waals surface area contributed by atoms with Crippen molar-refractivity contribution in [3.8, 4) is 11.4 Å². The smallest absolute Gasteiger partial charge is 0.192 e. The monoisotopic (exact) mass is 386 g/mol. The van der Waals surface area contributed by atoms with Gasteiger partial charge in [0.1, 0.15) is 5.82 Å². The third-order valence-electron chi connectivity index (χ3n) is 4.46. The maximum absolute atomic E-state index is 13.3. The molecule has 8 heteroatoms. The Labute approximate surface area is 160 Å². The van der Waals surface area contributed by atoms with Gasteiger partial charge in [0.25, 0.3) is 0 Å². The van der Waals surface area contributed by atoms with Crippen molar-refractivity contribution in [2.75, 3.05) is 12.4 Å². The summed E-state index contributed by atoms with van der Waals surface area (Å²) in [6, 6.07) is 9.73. The van der Waals surface area contributed by atoms with Gasteiger partial charge in [0.2, 0.25) is 0 Å². The second kappa shape index (κ2) is 8.06. The molecule has 0 bridgehead atoms. The van der Waals surface area contributed by atoms with E-state index in [1.165, 1.54) is 23.9 Å². The molecule has 1 fully saturated rings. The van der Waals surface area contributed by atoms with Crippen molar-refractivity contribution in [2.45, 2.75) is 30.6 Å². The van der Waals surface area contributed by atoms with Crippen LogP contribution in [0.4, 0.5) is 4.39 Å². The minimum atomic E-state index is -0.296. The summed E-state index contributed by atoms with van der Waals surface area (Å²) >= 11 is 1.35. The quantitative estimate of drug-likeness (QED) is 0.496. The number of aromatic amines is 1. The van der Waals surface area contributed by atoms with Gasteiger partial charge in [-0.2, -0.15) is 0 Å². The molecule has 1 saturated heterocycles. The number of rotatable bonds is 7. The van der Waals surface area contributed by atoms with Gasteiger partial charge >= 0.3 is 0 Å². The van der Waals surface area contributed by atoms with Gasteiger partial charge in [-0.05, 0) is 49.2 Å². The zero-order valence-electron chi connectivity index (χ0n) is 14.6. The van der Waals surface area contributed by atoms with Crippen molar-refractivity contribution in [2.24, 2.45) is 0 Å². The topological polar surface area (TPSA) is 72.8 Å². The Bertz CT molecular complexity index is 902. The van der Waals surface area contributed by atoms with Gasteiger partial charge in [0.05, 0.1) is 24.1 Å². The molecule has 1 N–H and O–H groups in total. The summed E-state index contributed by atoms with van der Waals surface area (Å²) in [5, 5.41) is 9.23. The molecule has 4 rings (SSSR count). The Kier molecular flexibility index (Phi) is 5.35. The van der Waals surface area contributed by atoms with E-state index >= 15 is 0 Å². The van der Waals surface area contributed by atoms with E-state index in [4.69, 9.17) is 4.74 Å². The number of ketones is 1. The highest BCUT2D eigenvalue weighted by molar-refractivity contribution is 7.99. The Morgan fingerprint density at radius 3 is 2.85 bits per heavy atom. The number of nitrogens with zero attached hydrogens (tertiary/aromatic N) is 3. The van der Waals surface area contributed by atoms with Crippen LogP contribution in [0.5, 0.6) is 0 Å². The Morgan fingerprint density at radius 1 is 1.30 bits per heavy atom. The van der Waals surface area contributed by atoms with Crippen LogP contribution in [-0.4, -0.2) is 44.0 Å². The lowest BCUT2D eigenvalue weighted by atomic mass is 10.2. The van der Waals surface area contributed by atoms with Crippen LogP contribution >= 0.6 is 11.8 Å². The molecule has 6 nitrogen and oxygen atoms in total. The summed E-state index contributed by atoms with van der Waals surface area (Å²) in [6.45, 7) is 1.37. The van der Waals surface area contributed by atoms with Crippen LogP contribution in [-0.2, 0) is 11.3 Å². The molecule has 0 saturated carbocycles. The standard InChI is InChI=1S/C19H19FN4O2S/c20-14-7-5-13(6-8-14)18-22-23-19(24(18)11-15-3-2-10-26-15)27-12-17(25)16-4-1-9-21-16/h1,4-9,15,21H,2-3,10-12H2/t15-/m0/s1. The van der Waals surface area contributed by atoms with E-state index in [0.29, 0.717) is 23.2 Å². The summed E-state index contributed by atoms with van der Waals surface area (Å²) in [4.78, 5) is 15.2. The molecule has 0 amide bonds. The molecule has 1 aromatic carbocycles. The SMILES string of the molecule is O=C(CSc1nnc(-c2ccc(F)cc2)n1C[C@@H]1CCCO1)c1ccc[nH]1. The first kappa shape index (κ1) is 17.9. The Balaban J connectivity index is 1.58. The fourth-order valence-electron chi connectivity index (χ4n) is 3.08. The van der Waals surface area contributed by atoms with E-state index in [1.807, 2.05) is 4.57 Å². The number of hydrogen-bond donors (Lipinski definition) is 1. The molecular weight excluding hydrogens is 367 g/mol. The number of nitrogens with one attached hydrogen (secondary N) is 1. The van der Waals surface area contributed by atoms with Crippen molar-refractivity contribution < 1.29 is 13.9 Å². The van der Waals surface area contributed by atoms with Gasteiger partial charge in [0, 0.05) is 18.4 Å². The molecule has 0 aliphatic carbocycles. The normalized spacial score (nSPS) is 16.7.